The lowest BCUT2D eigenvalue weighted by atomic mass is 9.91. The Morgan fingerprint density at radius 1 is 1.13 bits per heavy atom. The van der Waals surface area contributed by atoms with Crippen LogP contribution in [-0.2, 0) is 4.79 Å². The summed E-state index contributed by atoms with van der Waals surface area (Å²) in [5.74, 6) is 1.24. The number of carbonyl (C=O) groups is 1. The normalized spacial score (nSPS) is 17.5. The SMILES string of the molecule is N#CCCCCCC(=O)N[C@H](C=C1CCCCC1)C(O)c1ccc2c(c1)OCCO2. The summed E-state index contributed by atoms with van der Waals surface area (Å²) >= 11 is 0. The van der Waals surface area contributed by atoms with E-state index in [4.69, 9.17) is 14.7 Å². The van der Waals surface area contributed by atoms with E-state index >= 15 is 0 Å². The zero-order chi connectivity index (χ0) is 21.2. The van der Waals surface area contributed by atoms with Crippen LogP contribution in [0.2, 0.25) is 0 Å². The number of allylic oxidation sites excluding steroid dienone is 1. The Morgan fingerprint density at radius 2 is 1.90 bits per heavy atom. The first kappa shape index (κ1) is 22.2. The summed E-state index contributed by atoms with van der Waals surface area (Å²) in [7, 11) is 0. The molecule has 0 saturated heterocycles. The number of fused-ring (bicyclic) bond motifs is 1. The van der Waals surface area contributed by atoms with Crippen molar-refractivity contribution in [3.8, 4) is 17.6 Å². The highest BCUT2D eigenvalue weighted by atomic mass is 16.6. The number of nitrogens with zero attached hydrogens (tertiary/aromatic N) is 1. The molecule has 0 radical (unpaired) electrons. The van der Waals surface area contributed by atoms with E-state index in [2.05, 4.69) is 11.4 Å². The first-order chi connectivity index (χ1) is 14.7. The van der Waals surface area contributed by atoms with Crippen LogP contribution in [0.25, 0.3) is 0 Å². The molecule has 1 amide bonds. The molecule has 1 aromatic carbocycles. The lowest BCUT2D eigenvalue weighted by Crippen LogP contribution is -2.38. The highest BCUT2D eigenvalue weighted by Gasteiger charge is 2.24. The van der Waals surface area contributed by atoms with Crippen molar-refractivity contribution in [3.05, 3.63) is 35.4 Å². The summed E-state index contributed by atoms with van der Waals surface area (Å²) in [5.41, 5.74) is 2.00. The molecular weight excluding hydrogens is 380 g/mol. The van der Waals surface area contributed by atoms with Gasteiger partial charge in [0.1, 0.15) is 19.3 Å². The molecule has 162 valence electrons. The Hall–Kier alpha value is -2.52. The Balaban J connectivity index is 1.68. The Morgan fingerprint density at radius 3 is 2.67 bits per heavy atom. The molecule has 2 N–H and O–H groups in total. The number of hydrogen-bond donors (Lipinski definition) is 2. The predicted molar refractivity (Wildman–Crippen MR) is 114 cm³/mol. The molecule has 1 saturated carbocycles. The molecule has 30 heavy (non-hydrogen) atoms. The van der Waals surface area contributed by atoms with Crippen molar-refractivity contribution in [2.24, 2.45) is 0 Å². The van der Waals surface area contributed by atoms with E-state index in [0.29, 0.717) is 43.1 Å². The number of nitriles is 1. The number of unbranched alkanes of at least 4 members (excludes halogenated alkanes) is 3. The van der Waals surface area contributed by atoms with Crippen LogP contribution in [0, 0.1) is 11.3 Å². The third-order valence-corrected chi connectivity index (χ3v) is 5.68. The molecule has 6 heteroatoms. The van der Waals surface area contributed by atoms with Gasteiger partial charge in [-0.15, -0.1) is 0 Å². The molecule has 0 bridgehead atoms. The lowest BCUT2D eigenvalue weighted by Gasteiger charge is -2.26. The maximum absolute atomic E-state index is 12.5. The smallest absolute Gasteiger partial charge is 0.220 e. The molecule has 1 aromatic rings. The van der Waals surface area contributed by atoms with Gasteiger partial charge in [-0.1, -0.05) is 30.6 Å². The zero-order valence-electron chi connectivity index (χ0n) is 17.6. The van der Waals surface area contributed by atoms with Crippen LogP contribution in [-0.4, -0.2) is 30.3 Å². The summed E-state index contributed by atoms with van der Waals surface area (Å²) < 4.78 is 11.2. The highest BCUT2D eigenvalue weighted by molar-refractivity contribution is 5.76. The van der Waals surface area contributed by atoms with E-state index in [1.165, 1.54) is 12.0 Å². The molecule has 1 aliphatic heterocycles. The minimum Gasteiger partial charge on any atom is -0.486 e. The number of carbonyl (C=O) groups excluding carboxylic acids is 1. The average Bonchev–Trinajstić information content (AvgIpc) is 2.78. The summed E-state index contributed by atoms with van der Waals surface area (Å²) in [4.78, 5) is 12.5. The van der Waals surface area contributed by atoms with Crippen LogP contribution >= 0.6 is 0 Å². The summed E-state index contributed by atoms with van der Waals surface area (Å²) in [6.07, 6.45) is 10.1. The Labute approximate surface area is 178 Å². The quantitative estimate of drug-likeness (QED) is 0.465. The second-order valence-electron chi connectivity index (χ2n) is 8.05. The van der Waals surface area contributed by atoms with Crippen molar-refractivity contribution in [3.63, 3.8) is 0 Å². The molecule has 1 aliphatic carbocycles. The Bertz CT molecular complexity index is 776. The zero-order valence-corrected chi connectivity index (χ0v) is 17.6. The van der Waals surface area contributed by atoms with E-state index < -0.39 is 12.1 Å². The van der Waals surface area contributed by atoms with Gasteiger partial charge >= 0.3 is 0 Å². The fraction of sp³-hybridized carbons (Fsp3) is 0.583. The van der Waals surface area contributed by atoms with Crippen molar-refractivity contribution in [2.45, 2.75) is 76.4 Å². The van der Waals surface area contributed by atoms with Gasteiger partial charge in [0.2, 0.25) is 5.91 Å². The van der Waals surface area contributed by atoms with Crippen molar-refractivity contribution >= 4 is 5.91 Å². The monoisotopic (exact) mass is 412 g/mol. The fourth-order valence-electron chi connectivity index (χ4n) is 4.01. The molecule has 0 spiro atoms. The van der Waals surface area contributed by atoms with E-state index in [0.717, 1.165) is 44.9 Å². The van der Waals surface area contributed by atoms with Crippen LogP contribution in [0.1, 0.15) is 75.9 Å². The van der Waals surface area contributed by atoms with Gasteiger partial charge < -0.3 is 19.9 Å². The predicted octanol–water partition coefficient (Wildman–Crippen LogP) is 4.34. The van der Waals surface area contributed by atoms with Gasteiger partial charge in [0.25, 0.3) is 0 Å². The van der Waals surface area contributed by atoms with Crippen molar-refractivity contribution in [1.82, 2.24) is 5.32 Å². The average molecular weight is 413 g/mol. The number of aliphatic hydroxyl groups is 1. The number of amides is 1. The molecule has 1 unspecified atom stereocenters. The van der Waals surface area contributed by atoms with E-state index in [-0.39, 0.29) is 5.91 Å². The van der Waals surface area contributed by atoms with Gasteiger partial charge in [0.05, 0.1) is 12.1 Å². The maximum Gasteiger partial charge on any atom is 0.220 e. The lowest BCUT2D eigenvalue weighted by molar-refractivity contribution is -0.122. The number of benzene rings is 1. The number of aliphatic hydroxyl groups excluding tert-OH is 1. The molecule has 2 aliphatic rings. The molecular formula is C24H32N2O4. The third kappa shape index (κ3) is 6.50. The summed E-state index contributed by atoms with van der Waals surface area (Å²) in [6.45, 7) is 1.01. The van der Waals surface area contributed by atoms with Gasteiger partial charge in [-0.25, -0.2) is 0 Å². The second kappa shape index (κ2) is 11.6. The number of rotatable bonds is 9. The molecule has 0 aromatic heterocycles. The summed E-state index contributed by atoms with van der Waals surface area (Å²) in [6, 6.07) is 7.10. The standard InChI is InChI=1S/C24H32N2O4/c25-13-7-2-1-6-10-23(27)26-20(16-18-8-4-3-5-9-18)24(28)19-11-12-21-22(17-19)30-15-14-29-21/h11-12,16-17,20,24,28H,1-10,14-15H2,(H,26,27)/t20-,24?/m1/s1. The van der Waals surface area contributed by atoms with Gasteiger partial charge in [-0.2, -0.15) is 5.26 Å². The number of nitrogens with one attached hydrogen (secondary N) is 1. The van der Waals surface area contributed by atoms with Gasteiger partial charge in [-0.05, 0) is 56.2 Å². The first-order valence-corrected chi connectivity index (χ1v) is 11.1. The van der Waals surface area contributed by atoms with Crippen LogP contribution in [0.3, 0.4) is 0 Å². The van der Waals surface area contributed by atoms with Crippen LogP contribution in [0.4, 0.5) is 0 Å². The topological polar surface area (TPSA) is 91.6 Å². The van der Waals surface area contributed by atoms with Crippen LogP contribution < -0.4 is 14.8 Å². The summed E-state index contributed by atoms with van der Waals surface area (Å²) in [5, 5.41) is 22.8. The van der Waals surface area contributed by atoms with Crippen molar-refractivity contribution in [2.75, 3.05) is 13.2 Å². The van der Waals surface area contributed by atoms with Gasteiger partial charge in [0, 0.05) is 12.8 Å². The maximum atomic E-state index is 12.5. The van der Waals surface area contributed by atoms with E-state index in [9.17, 15) is 9.90 Å². The molecule has 1 fully saturated rings. The molecule has 6 nitrogen and oxygen atoms in total. The molecule has 2 atom stereocenters. The van der Waals surface area contributed by atoms with E-state index in [1.54, 1.807) is 6.07 Å². The number of hydrogen-bond acceptors (Lipinski definition) is 5. The van der Waals surface area contributed by atoms with Gasteiger partial charge in [-0.3, -0.25) is 4.79 Å². The fourth-order valence-corrected chi connectivity index (χ4v) is 4.01. The highest BCUT2D eigenvalue weighted by Crippen LogP contribution is 2.34. The number of ether oxygens (including phenoxy) is 2. The molecule has 3 rings (SSSR count). The van der Waals surface area contributed by atoms with Crippen LogP contribution in [0.5, 0.6) is 11.5 Å². The Kier molecular flexibility index (Phi) is 8.58. The molecule has 1 heterocycles. The van der Waals surface area contributed by atoms with Crippen molar-refractivity contribution < 1.29 is 19.4 Å². The largest absolute Gasteiger partial charge is 0.486 e. The van der Waals surface area contributed by atoms with Crippen molar-refractivity contribution in [1.29, 1.82) is 5.26 Å². The van der Waals surface area contributed by atoms with Crippen LogP contribution in [0.15, 0.2) is 29.8 Å². The third-order valence-electron chi connectivity index (χ3n) is 5.68. The minimum atomic E-state index is -0.863. The van der Waals surface area contributed by atoms with Gasteiger partial charge in [0.15, 0.2) is 11.5 Å². The van der Waals surface area contributed by atoms with E-state index in [1.807, 2.05) is 18.2 Å². The first-order valence-electron chi connectivity index (χ1n) is 11.1. The second-order valence-corrected chi connectivity index (χ2v) is 8.05. The minimum absolute atomic E-state index is 0.0683.